The maximum atomic E-state index is 12.7. The van der Waals surface area contributed by atoms with Crippen LogP contribution < -0.4 is 5.32 Å². The number of benzene rings is 1. The maximum Gasteiger partial charge on any atom is 0.253 e. The van der Waals surface area contributed by atoms with E-state index < -0.39 is 0 Å². The van der Waals surface area contributed by atoms with Crippen molar-refractivity contribution in [1.82, 2.24) is 10.2 Å². The molecule has 1 N–H and O–H groups in total. The number of hydrogen-bond acceptors (Lipinski definition) is 3. The van der Waals surface area contributed by atoms with Crippen LogP contribution >= 0.6 is 11.3 Å². The third-order valence-electron chi connectivity index (χ3n) is 5.35. The summed E-state index contributed by atoms with van der Waals surface area (Å²) >= 11 is 1.70. The Kier molecular flexibility index (Phi) is 5.07. The molecule has 26 heavy (non-hydrogen) atoms. The first-order chi connectivity index (χ1) is 12.7. The predicted molar refractivity (Wildman–Crippen MR) is 104 cm³/mol. The van der Waals surface area contributed by atoms with E-state index in [9.17, 15) is 9.59 Å². The zero-order valence-corrected chi connectivity index (χ0v) is 15.6. The van der Waals surface area contributed by atoms with Gasteiger partial charge in [0, 0.05) is 36.0 Å². The van der Waals surface area contributed by atoms with Crippen molar-refractivity contribution in [2.45, 2.75) is 25.7 Å². The molecule has 0 atom stereocenters. The van der Waals surface area contributed by atoms with Gasteiger partial charge in [-0.2, -0.15) is 0 Å². The van der Waals surface area contributed by atoms with Crippen molar-refractivity contribution in [3.63, 3.8) is 0 Å². The van der Waals surface area contributed by atoms with Crippen LogP contribution in [0.4, 0.5) is 0 Å². The molecule has 1 aliphatic carbocycles. The Morgan fingerprint density at radius 3 is 2.38 bits per heavy atom. The van der Waals surface area contributed by atoms with Crippen LogP contribution in [0.1, 0.15) is 36.0 Å². The Bertz CT molecular complexity index is 758. The van der Waals surface area contributed by atoms with E-state index in [1.807, 2.05) is 35.2 Å². The van der Waals surface area contributed by atoms with Gasteiger partial charge in [-0.1, -0.05) is 18.2 Å². The van der Waals surface area contributed by atoms with Crippen molar-refractivity contribution in [3.05, 3.63) is 47.3 Å². The first-order valence-electron chi connectivity index (χ1n) is 9.41. The molecule has 0 bridgehead atoms. The van der Waals surface area contributed by atoms with E-state index in [1.165, 1.54) is 17.7 Å². The van der Waals surface area contributed by atoms with E-state index >= 15 is 0 Å². The lowest BCUT2D eigenvalue weighted by Gasteiger charge is -2.31. The molecule has 1 saturated heterocycles. The normalized spacial score (nSPS) is 17.9. The van der Waals surface area contributed by atoms with Crippen LogP contribution in [0.3, 0.4) is 0 Å². The van der Waals surface area contributed by atoms with Crippen LogP contribution in [-0.4, -0.2) is 36.3 Å². The average Bonchev–Trinajstić information content (AvgIpc) is 3.36. The largest absolute Gasteiger partial charge is 0.356 e. The summed E-state index contributed by atoms with van der Waals surface area (Å²) in [6.45, 7) is 2.15. The van der Waals surface area contributed by atoms with Gasteiger partial charge in [0.1, 0.15) is 0 Å². The van der Waals surface area contributed by atoms with Crippen LogP contribution in [0.5, 0.6) is 0 Å². The van der Waals surface area contributed by atoms with Gasteiger partial charge in [0.2, 0.25) is 5.91 Å². The van der Waals surface area contributed by atoms with E-state index in [-0.39, 0.29) is 17.7 Å². The summed E-state index contributed by atoms with van der Waals surface area (Å²) in [5.74, 6) is 1.00. The molecule has 136 valence electrons. The highest BCUT2D eigenvalue weighted by atomic mass is 32.1. The summed E-state index contributed by atoms with van der Waals surface area (Å²) in [5.41, 5.74) is 1.87. The molecule has 1 aromatic heterocycles. The molecule has 5 heteroatoms. The summed E-state index contributed by atoms with van der Waals surface area (Å²) < 4.78 is 0. The highest BCUT2D eigenvalue weighted by Crippen LogP contribution is 2.28. The number of thiophene rings is 1. The Morgan fingerprint density at radius 2 is 1.77 bits per heavy atom. The van der Waals surface area contributed by atoms with Crippen LogP contribution in [0, 0.1) is 11.8 Å². The molecular weight excluding hydrogens is 344 g/mol. The summed E-state index contributed by atoms with van der Waals surface area (Å²) in [5, 5.41) is 5.12. The maximum absolute atomic E-state index is 12.7. The van der Waals surface area contributed by atoms with Gasteiger partial charge in [0.15, 0.2) is 0 Å². The van der Waals surface area contributed by atoms with Crippen molar-refractivity contribution in [2.24, 2.45) is 11.8 Å². The average molecular weight is 369 g/mol. The van der Waals surface area contributed by atoms with Crippen molar-refractivity contribution in [3.8, 4) is 10.4 Å². The van der Waals surface area contributed by atoms with Gasteiger partial charge in [-0.3, -0.25) is 9.59 Å². The molecule has 2 aliphatic rings. The monoisotopic (exact) mass is 368 g/mol. The van der Waals surface area contributed by atoms with Gasteiger partial charge in [-0.05, 0) is 60.7 Å². The quantitative estimate of drug-likeness (QED) is 0.873. The third kappa shape index (κ3) is 3.98. The molecule has 0 spiro atoms. The molecule has 2 amide bonds. The van der Waals surface area contributed by atoms with E-state index in [2.05, 4.69) is 16.8 Å². The van der Waals surface area contributed by atoms with E-state index in [0.717, 1.165) is 30.5 Å². The van der Waals surface area contributed by atoms with E-state index in [1.54, 1.807) is 11.3 Å². The number of nitrogens with zero attached hydrogens (tertiary/aromatic N) is 1. The van der Waals surface area contributed by atoms with Crippen molar-refractivity contribution in [2.75, 3.05) is 19.6 Å². The summed E-state index contributed by atoms with van der Waals surface area (Å²) in [7, 11) is 0. The highest BCUT2D eigenvalue weighted by molar-refractivity contribution is 7.13. The number of likely N-dealkylation sites (tertiary alicyclic amines) is 1. The number of carbonyl (C=O) groups is 2. The molecule has 4 nitrogen and oxygen atoms in total. The first kappa shape index (κ1) is 17.3. The molecule has 1 aromatic carbocycles. The summed E-state index contributed by atoms with van der Waals surface area (Å²) in [6, 6.07) is 12.0. The fourth-order valence-corrected chi connectivity index (χ4v) is 4.19. The van der Waals surface area contributed by atoms with E-state index in [0.29, 0.717) is 19.0 Å². The van der Waals surface area contributed by atoms with Crippen LogP contribution in [-0.2, 0) is 4.79 Å². The number of piperidine rings is 1. The number of hydrogen-bond donors (Lipinski definition) is 1. The number of amides is 2. The zero-order chi connectivity index (χ0) is 17.9. The summed E-state index contributed by atoms with van der Waals surface area (Å²) in [4.78, 5) is 28.0. The minimum atomic E-state index is 0.0546. The fourth-order valence-electron chi connectivity index (χ4n) is 3.46. The molecule has 2 fully saturated rings. The Morgan fingerprint density at radius 1 is 1.04 bits per heavy atom. The second kappa shape index (κ2) is 7.62. The third-order valence-corrected chi connectivity index (χ3v) is 6.27. The molecular formula is C21H24N2O2S. The fraction of sp³-hybridized carbons (Fsp3) is 0.429. The second-order valence-electron chi connectivity index (χ2n) is 7.31. The minimum absolute atomic E-state index is 0.0546. The van der Waals surface area contributed by atoms with E-state index in [4.69, 9.17) is 0 Å². The second-order valence-corrected chi connectivity index (χ2v) is 8.26. The number of nitrogens with one attached hydrogen (secondary N) is 1. The van der Waals surface area contributed by atoms with Gasteiger partial charge in [0.05, 0.1) is 0 Å². The molecule has 4 rings (SSSR count). The van der Waals surface area contributed by atoms with Gasteiger partial charge in [-0.25, -0.2) is 0 Å². The Labute approximate surface area is 158 Å². The van der Waals surface area contributed by atoms with Gasteiger partial charge in [0.25, 0.3) is 5.91 Å². The van der Waals surface area contributed by atoms with Gasteiger partial charge >= 0.3 is 0 Å². The smallest absolute Gasteiger partial charge is 0.253 e. The standard InChI is InChI=1S/C21H24N2O2S/c24-20(22-14-15-3-4-15)17-9-11-23(12-10-17)21(25)18-7-5-16(6-8-18)19-2-1-13-26-19/h1-2,5-8,13,15,17H,3-4,9-12,14H2,(H,22,24). The topological polar surface area (TPSA) is 49.4 Å². The molecule has 0 unspecified atom stereocenters. The molecule has 1 aliphatic heterocycles. The molecule has 2 heterocycles. The Balaban J connectivity index is 1.30. The zero-order valence-electron chi connectivity index (χ0n) is 14.8. The van der Waals surface area contributed by atoms with Crippen molar-refractivity contribution in [1.29, 1.82) is 0 Å². The number of rotatable bonds is 5. The lowest BCUT2D eigenvalue weighted by molar-refractivity contribution is -0.126. The highest BCUT2D eigenvalue weighted by Gasteiger charge is 2.29. The summed E-state index contributed by atoms with van der Waals surface area (Å²) in [6.07, 6.45) is 4.02. The first-order valence-corrected chi connectivity index (χ1v) is 10.3. The van der Waals surface area contributed by atoms with Crippen molar-refractivity contribution >= 4 is 23.2 Å². The van der Waals surface area contributed by atoms with Gasteiger partial charge < -0.3 is 10.2 Å². The SMILES string of the molecule is O=C(NCC1CC1)C1CCN(C(=O)c2ccc(-c3cccs3)cc2)CC1. The van der Waals surface area contributed by atoms with Crippen LogP contribution in [0.2, 0.25) is 0 Å². The van der Waals surface area contributed by atoms with Crippen LogP contribution in [0.15, 0.2) is 41.8 Å². The Hall–Kier alpha value is -2.14. The molecule has 1 saturated carbocycles. The number of carbonyl (C=O) groups excluding carboxylic acids is 2. The lowest BCUT2D eigenvalue weighted by Crippen LogP contribution is -2.43. The van der Waals surface area contributed by atoms with Crippen molar-refractivity contribution < 1.29 is 9.59 Å². The predicted octanol–water partition coefficient (Wildman–Crippen LogP) is 3.79. The molecule has 2 aromatic rings. The minimum Gasteiger partial charge on any atom is -0.356 e. The lowest BCUT2D eigenvalue weighted by atomic mass is 9.95. The molecule has 0 radical (unpaired) electrons. The van der Waals surface area contributed by atoms with Crippen LogP contribution in [0.25, 0.3) is 10.4 Å². The van der Waals surface area contributed by atoms with Gasteiger partial charge in [-0.15, -0.1) is 11.3 Å².